The molecule has 0 atom stereocenters. The van der Waals surface area contributed by atoms with Crippen LogP contribution in [0.4, 0.5) is 9.52 Å². The van der Waals surface area contributed by atoms with Gasteiger partial charge in [-0.1, -0.05) is 24.3 Å². The number of likely N-dealkylation sites (tertiary alicyclic amines) is 1. The molecule has 1 N–H and O–H groups in total. The van der Waals surface area contributed by atoms with Crippen LogP contribution in [-0.2, 0) is 6.54 Å². The number of aromatic nitrogens is 1. The molecule has 0 aliphatic carbocycles. The second-order valence-corrected chi connectivity index (χ2v) is 8.27. The summed E-state index contributed by atoms with van der Waals surface area (Å²) in [5.74, 6) is 0.191. The second-order valence-electron chi connectivity index (χ2n) is 7.24. The van der Waals surface area contributed by atoms with Crippen molar-refractivity contribution in [2.24, 2.45) is 5.92 Å². The van der Waals surface area contributed by atoms with Crippen LogP contribution in [0.15, 0.2) is 42.5 Å². The molecule has 27 heavy (non-hydrogen) atoms. The predicted molar refractivity (Wildman–Crippen MR) is 108 cm³/mol. The van der Waals surface area contributed by atoms with Crippen LogP contribution >= 0.6 is 11.3 Å². The van der Waals surface area contributed by atoms with Gasteiger partial charge in [-0.15, -0.1) is 0 Å². The molecule has 1 saturated heterocycles. The zero-order chi connectivity index (χ0) is 18.8. The van der Waals surface area contributed by atoms with Crippen LogP contribution in [0, 0.1) is 11.7 Å². The Labute approximate surface area is 162 Å². The molecule has 0 radical (unpaired) electrons. The number of fused-ring (bicyclic) bond motifs is 1. The highest BCUT2D eigenvalue weighted by Gasteiger charge is 2.16. The van der Waals surface area contributed by atoms with Crippen molar-refractivity contribution < 1.29 is 9.18 Å². The third-order valence-electron chi connectivity index (χ3n) is 5.06. The average Bonchev–Trinajstić information content (AvgIpc) is 3.05. The molecule has 1 aliphatic rings. The summed E-state index contributed by atoms with van der Waals surface area (Å²) in [6, 6.07) is 11.8. The molecule has 0 bridgehead atoms. The molecule has 2 aromatic carbocycles. The van der Waals surface area contributed by atoms with Crippen molar-refractivity contribution in [1.29, 1.82) is 0 Å². The topological polar surface area (TPSA) is 45.2 Å². The molecule has 2 heterocycles. The summed E-state index contributed by atoms with van der Waals surface area (Å²) >= 11 is 1.46. The lowest BCUT2D eigenvalue weighted by molar-refractivity contribution is 0.102. The van der Waals surface area contributed by atoms with Crippen molar-refractivity contribution in [3.05, 3.63) is 59.4 Å². The number of halogens is 1. The van der Waals surface area contributed by atoms with Gasteiger partial charge in [0.15, 0.2) is 5.13 Å². The summed E-state index contributed by atoms with van der Waals surface area (Å²) in [4.78, 5) is 19.3. The maximum absolute atomic E-state index is 13.0. The molecular weight excluding hydrogens is 361 g/mol. The van der Waals surface area contributed by atoms with Crippen molar-refractivity contribution in [2.45, 2.75) is 26.3 Å². The number of nitrogens with one attached hydrogen (secondary N) is 1. The molecule has 1 amide bonds. The summed E-state index contributed by atoms with van der Waals surface area (Å²) in [5.41, 5.74) is 2.57. The van der Waals surface area contributed by atoms with Crippen molar-refractivity contribution in [1.82, 2.24) is 9.88 Å². The first kappa shape index (κ1) is 18.1. The number of carbonyl (C=O) groups is 1. The van der Waals surface area contributed by atoms with Crippen molar-refractivity contribution in [3.8, 4) is 0 Å². The quantitative estimate of drug-likeness (QED) is 0.696. The maximum atomic E-state index is 13.0. The standard InChI is InChI=1S/C21H22FN3OS/c1-14-8-10-25(11-9-14)13-15-2-7-18-19(12-15)27-21(23-18)24-20(26)16-3-5-17(22)6-4-16/h2-7,12,14H,8-11,13H2,1H3,(H,23,24,26). The molecule has 1 fully saturated rings. The number of thiazole rings is 1. The van der Waals surface area contributed by atoms with Gasteiger partial charge in [0.1, 0.15) is 5.82 Å². The normalized spacial score (nSPS) is 15.9. The Kier molecular flexibility index (Phi) is 5.18. The highest BCUT2D eigenvalue weighted by atomic mass is 32.1. The number of anilines is 1. The van der Waals surface area contributed by atoms with E-state index >= 15 is 0 Å². The van der Waals surface area contributed by atoms with Gasteiger partial charge in [0.25, 0.3) is 5.91 Å². The molecule has 140 valence electrons. The minimum atomic E-state index is -0.359. The minimum absolute atomic E-state index is 0.281. The lowest BCUT2D eigenvalue weighted by Gasteiger charge is -2.30. The van der Waals surface area contributed by atoms with Gasteiger partial charge in [0, 0.05) is 12.1 Å². The molecule has 0 unspecified atom stereocenters. The highest BCUT2D eigenvalue weighted by molar-refractivity contribution is 7.22. The Morgan fingerprint density at radius 2 is 1.96 bits per heavy atom. The highest BCUT2D eigenvalue weighted by Crippen LogP contribution is 2.28. The fraction of sp³-hybridized carbons (Fsp3) is 0.333. The Hall–Kier alpha value is -2.31. The number of nitrogens with zero attached hydrogens (tertiary/aromatic N) is 2. The van der Waals surface area contributed by atoms with Gasteiger partial charge in [0.2, 0.25) is 0 Å². The Morgan fingerprint density at radius 3 is 2.70 bits per heavy atom. The summed E-state index contributed by atoms with van der Waals surface area (Å²) in [5, 5.41) is 3.37. The molecular formula is C21H22FN3OS. The van der Waals surface area contributed by atoms with E-state index in [1.54, 1.807) is 0 Å². The minimum Gasteiger partial charge on any atom is -0.299 e. The Balaban J connectivity index is 1.45. The molecule has 3 aromatic rings. The van der Waals surface area contributed by atoms with E-state index in [4.69, 9.17) is 0 Å². The van der Waals surface area contributed by atoms with E-state index in [1.807, 2.05) is 6.07 Å². The SMILES string of the molecule is CC1CCN(Cc2ccc3nc(NC(=O)c4ccc(F)cc4)sc3c2)CC1. The largest absolute Gasteiger partial charge is 0.299 e. The van der Waals surface area contributed by atoms with Crippen LogP contribution in [0.1, 0.15) is 35.7 Å². The number of benzene rings is 2. The molecule has 1 aromatic heterocycles. The third-order valence-corrected chi connectivity index (χ3v) is 6.00. The van der Waals surface area contributed by atoms with Gasteiger partial charge < -0.3 is 0 Å². The first-order valence-corrected chi connectivity index (χ1v) is 10.1. The molecule has 0 saturated carbocycles. The van der Waals surface area contributed by atoms with E-state index < -0.39 is 0 Å². The lowest BCUT2D eigenvalue weighted by atomic mass is 9.99. The van der Waals surface area contributed by atoms with Crippen molar-refractivity contribution in [3.63, 3.8) is 0 Å². The van der Waals surface area contributed by atoms with Crippen LogP contribution in [0.2, 0.25) is 0 Å². The monoisotopic (exact) mass is 383 g/mol. The van der Waals surface area contributed by atoms with E-state index in [0.717, 1.165) is 35.8 Å². The number of rotatable bonds is 4. The Bertz CT molecular complexity index is 946. The van der Waals surface area contributed by atoms with Gasteiger partial charge in [-0.2, -0.15) is 0 Å². The van der Waals surface area contributed by atoms with Crippen LogP contribution < -0.4 is 5.32 Å². The van der Waals surface area contributed by atoms with Gasteiger partial charge in [-0.25, -0.2) is 9.37 Å². The summed E-state index contributed by atoms with van der Waals surface area (Å²) < 4.78 is 14.1. The van der Waals surface area contributed by atoms with E-state index in [9.17, 15) is 9.18 Å². The first-order valence-electron chi connectivity index (χ1n) is 9.25. The van der Waals surface area contributed by atoms with E-state index in [1.165, 1.54) is 54.0 Å². The molecule has 1 aliphatic heterocycles. The van der Waals surface area contributed by atoms with Crippen LogP contribution in [0.3, 0.4) is 0 Å². The molecule has 0 spiro atoms. The fourth-order valence-corrected chi connectivity index (χ4v) is 4.29. The molecule has 4 nitrogen and oxygen atoms in total. The number of hydrogen-bond donors (Lipinski definition) is 1. The van der Waals surface area contributed by atoms with Crippen molar-refractivity contribution in [2.75, 3.05) is 18.4 Å². The summed E-state index contributed by atoms with van der Waals surface area (Å²) in [7, 11) is 0. The van der Waals surface area contributed by atoms with E-state index in [0.29, 0.717) is 10.7 Å². The van der Waals surface area contributed by atoms with Crippen LogP contribution in [0.25, 0.3) is 10.2 Å². The predicted octanol–water partition coefficient (Wildman–Crippen LogP) is 4.92. The smallest absolute Gasteiger partial charge is 0.257 e. The average molecular weight is 383 g/mol. The van der Waals surface area contributed by atoms with Gasteiger partial charge >= 0.3 is 0 Å². The number of hydrogen-bond acceptors (Lipinski definition) is 4. The van der Waals surface area contributed by atoms with Crippen molar-refractivity contribution >= 4 is 32.6 Å². The number of piperidine rings is 1. The maximum Gasteiger partial charge on any atom is 0.257 e. The lowest BCUT2D eigenvalue weighted by Crippen LogP contribution is -2.32. The molecule has 6 heteroatoms. The second kappa shape index (κ2) is 7.74. The zero-order valence-electron chi connectivity index (χ0n) is 15.2. The van der Waals surface area contributed by atoms with E-state index in [2.05, 4.69) is 34.3 Å². The fourth-order valence-electron chi connectivity index (χ4n) is 3.37. The first-order chi connectivity index (χ1) is 13.1. The summed E-state index contributed by atoms with van der Waals surface area (Å²) in [6.07, 6.45) is 2.53. The molecule has 4 rings (SSSR count). The van der Waals surface area contributed by atoms with Crippen LogP contribution in [-0.4, -0.2) is 28.9 Å². The number of amides is 1. The summed E-state index contributed by atoms with van der Waals surface area (Å²) in [6.45, 7) is 5.59. The van der Waals surface area contributed by atoms with Crippen LogP contribution in [0.5, 0.6) is 0 Å². The third kappa shape index (κ3) is 4.34. The zero-order valence-corrected chi connectivity index (χ0v) is 16.1. The number of carbonyl (C=O) groups excluding carboxylic acids is 1. The van der Waals surface area contributed by atoms with E-state index in [-0.39, 0.29) is 11.7 Å². The Morgan fingerprint density at radius 1 is 1.22 bits per heavy atom. The van der Waals surface area contributed by atoms with Gasteiger partial charge in [-0.05, 0) is 73.8 Å². The van der Waals surface area contributed by atoms with Gasteiger partial charge in [0.05, 0.1) is 10.2 Å². The van der Waals surface area contributed by atoms with Gasteiger partial charge in [-0.3, -0.25) is 15.0 Å².